The number of amides is 1. The van der Waals surface area contributed by atoms with E-state index in [1.807, 2.05) is 6.92 Å². The van der Waals surface area contributed by atoms with Crippen molar-refractivity contribution in [1.82, 2.24) is 15.6 Å². The molecule has 0 radical (unpaired) electrons. The number of hydrogen-bond donors (Lipinski definition) is 2. The summed E-state index contributed by atoms with van der Waals surface area (Å²) in [6.45, 7) is 9.58. The van der Waals surface area contributed by atoms with Gasteiger partial charge in [0.05, 0.1) is 17.3 Å². The van der Waals surface area contributed by atoms with Crippen LogP contribution in [0.5, 0.6) is 0 Å². The first kappa shape index (κ1) is 18.4. The first-order chi connectivity index (χ1) is 11.0. The lowest BCUT2D eigenvalue weighted by molar-refractivity contribution is 0.0512. The van der Waals surface area contributed by atoms with Gasteiger partial charge in [-0.15, -0.1) is 11.3 Å². The SMILES string of the molecule is COCC1(CNC(=O)c2sc(CC(C)C)nc2C)CCNCC1. The maximum atomic E-state index is 12.6. The minimum absolute atomic E-state index is 0.00372. The number of piperidine rings is 1. The molecule has 0 aromatic carbocycles. The van der Waals surface area contributed by atoms with Crippen LogP contribution in [0.1, 0.15) is 47.1 Å². The summed E-state index contributed by atoms with van der Waals surface area (Å²) in [6.07, 6.45) is 2.99. The van der Waals surface area contributed by atoms with E-state index in [0.717, 1.165) is 47.9 Å². The van der Waals surface area contributed by atoms with Crippen molar-refractivity contribution in [2.75, 3.05) is 33.4 Å². The van der Waals surface area contributed by atoms with Gasteiger partial charge >= 0.3 is 0 Å². The van der Waals surface area contributed by atoms with Gasteiger partial charge in [-0.3, -0.25) is 4.79 Å². The predicted molar refractivity (Wildman–Crippen MR) is 94.1 cm³/mol. The lowest BCUT2D eigenvalue weighted by Crippen LogP contribution is -2.47. The van der Waals surface area contributed by atoms with E-state index in [2.05, 4.69) is 29.5 Å². The van der Waals surface area contributed by atoms with Crippen LogP contribution in [0.3, 0.4) is 0 Å². The van der Waals surface area contributed by atoms with Crippen molar-refractivity contribution in [3.8, 4) is 0 Å². The third kappa shape index (κ3) is 4.99. The fourth-order valence-corrected chi connectivity index (χ4v) is 4.28. The Balaban J connectivity index is 1.99. The molecule has 6 heteroatoms. The molecule has 0 atom stereocenters. The van der Waals surface area contributed by atoms with Crippen molar-refractivity contribution >= 4 is 17.2 Å². The number of hydrogen-bond acceptors (Lipinski definition) is 5. The van der Waals surface area contributed by atoms with Gasteiger partial charge in [0.1, 0.15) is 4.88 Å². The molecule has 0 spiro atoms. The Bertz CT molecular complexity index is 516. The zero-order valence-electron chi connectivity index (χ0n) is 14.7. The van der Waals surface area contributed by atoms with Gasteiger partial charge < -0.3 is 15.4 Å². The lowest BCUT2D eigenvalue weighted by atomic mass is 9.79. The monoisotopic (exact) mass is 339 g/mol. The molecule has 1 amide bonds. The maximum absolute atomic E-state index is 12.6. The average Bonchev–Trinajstić information content (AvgIpc) is 2.86. The van der Waals surface area contributed by atoms with Crippen LogP contribution in [-0.4, -0.2) is 44.2 Å². The number of rotatable bonds is 7. The van der Waals surface area contributed by atoms with Gasteiger partial charge in [0, 0.05) is 25.5 Å². The number of nitrogens with zero attached hydrogens (tertiary/aromatic N) is 1. The number of carbonyl (C=O) groups is 1. The quantitative estimate of drug-likeness (QED) is 0.801. The highest BCUT2D eigenvalue weighted by atomic mass is 32.1. The minimum atomic E-state index is 0.00372. The maximum Gasteiger partial charge on any atom is 0.263 e. The van der Waals surface area contributed by atoms with E-state index in [1.54, 1.807) is 7.11 Å². The van der Waals surface area contributed by atoms with Crippen LogP contribution in [0, 0.1) is 18.3 Å². The molecule has 1 aromatic heterocycles. The largest absolute Gasteiger partial charge is 0.384 e. The molecule has 1 aliphatic heterocycles. The van der Waals surface area contributed by atoms with Gasteiger partial charge in [0.25, 0.3) is 5.91 Å². The molecule has 130 valence electrons. The normalized spacial score (nSPS) is 17.4. The van der Waals surface area contributed by atoms with Crippen LogP contribution < -0.4 is 10.6 Å². The number of nitrogens with one attached hydrogen (secondary N) is 2. The molecule has 2 heterocycles. The molecule has 23 heavy (non-hydrogen) atoms. The van der Waals surface area contributed by atoms with Gasteiger partial charge in [-0.1, -0.05) is 13.8 Å². The van der Waals surface area contributed by atoms with Gasteiger partial charge in [-0.05, 0) is 38.8 Å². The summed E-state index contributed by atoms with van der Waals surface area (Å²) in [6, 6.07) is 0. The van der Waals surface area contributed by atoms with Crippen molar-refractivity contribution in [1.29, 1.82) is 0 Å². The van der Waals surface area contributed by atoms with Crippen LogP contribution in [0.15, 0.2) is 0 Å². The highest BCUT2D eigenvalue weighted by Crippen LogP contribution is 2.28. The van der Waals surface area contributed by atoms with Gasteiger partial charge in [-0.25, -0.2) is 4.98 Å². The zero-order chi connectivity index (χ0) is 16.9. The smallest absolute Gasteiger partial charge is 0.263 e. The number of thiazole rings is 1. The van der Waals surface area contributed by atoms with Crippen LogP contribution in [0.2, 0.25) is 0 Å². The molecule has 0 aliphatic carbocycles. The van der Waals surface area contributed by atoms with E-state index in [-0.39, 0.29) is 11.3 Å². The molecule has 1 aromatic rings. The third-order valence-electron chi connectivity index (χ3n) is 4.37. The zero-order valence-corrected chi connectivity index (χ0v) is 15.5. The average molecular weight is 340 g/mol. The number of carbonyl (C=O) groups excluding carboxylic acids is 1. The molecule has 1 aliphatic rings. The van der Waals surface area contributed by atoms with Crippen molar-refractivity contribution in [2.24, 2.45) is 11.3 Å². The Morgan fingerprint density at radius 1 is 1.43 bits per heavy atom. The first-order valence-corrected chi connectivity index (χ1v) is 9.21. The number of aromatic nitrogens is 1. The number of aryl methyl sites for hydroxylation is 1. The first-order valence-electron chi connectivity index (χ1n) is 8.40. The minimum Gasteiger partial charge on any atom is -0.384 e. The summed E-state index contributed by atoms with van der Waals surface area (Å²) >= 11 is 1.53. The fraction of sp³-hybridized carbons (Fsp3) is 0.765. The molecule has 0 saturated carbocycles. The molecule has 2 N–H and O–H groups in total. The second kappa shape index (κ2) is 8.22. The summed E-state index contributed by atoms with van der Waals surface area (Å²) in [5.41, 5.74) is 0.893. The van der Waals surface area contributed by atoms with Gasteiger partial charge in [0.2, 0.25) is 0 Å². The summed E-state index contributed by atoms with van der Waals surface area (Å²) < 4.78 is 5.41. The third-order valence-corrected chi connectivity index (χ3v) is 5.55. The van der Waals surface area contributed by atoms with Gasteiger partial charge in [-0.2, -0.15) is 0 Å². The molecular formula is C17H29N3O2S. The highest BCUT2D eigenvalue weighted by Gasteiger charge is 2.33. The summed E-state index contributed by atoms with van der Waals surface area (Å²) in [4.78, 5) is 17.9. The Kier molecular flexibility index (Phi) is 6.56. The predicted octanol–water partition coefficient (Wildman–Crippen LogP) is 2.40. The Labute approximate surface area is 143 Å². The molecule has 1 fully saturated rings. The van der Waals surface area contributed by atoms with E-state index in [4.69, 9.17) is 4.74 Å². The standard InChI is InChI=1S/C17H29N3O2S/c1-12(2)9-14-20-13(3)15(23-14)16(21)19-10-17(11-22-4)5-7-18-8-6-17/h12,18H,5-11H2,1-4H3,(H,19,21). The second-order valence-corrected chi connectivity index (χ2v) is 8.07. The molecule has 1 saturated heterocycles. The van der Waals surface area contributed by atoms with E-state index < -0.39 is 0 Å². The molecule has 0 unspecified atom stereocenters. The Hall–Kier alpha value is -0.980. The van der Waals surface area contributed by atoms with Crippen molar-refractivity contribution in [3.05, 3.63) is 15.6 Å². The van der Waals surface area contributed by atoms with Crippen LogP contribution in [-0.2, 0) is 11.2 Å². The van der Waals surface area contributed by atoms with Crippen molar-refractivity contribution in [3.63, 3.8) is 0 Å². The topological polar surface area (TPSA) is 63.2 Å². The molecule has 0 bridgehead atoms. The Morgan fingerprint density at radius 3 is 2.74 bits per heavy atom. The van der Waals surface area contributed by atoms with Crippen LogP contribution >= 0.6 is 11.3 Å². The summed E-state index contributed by atoms with van der Waals surface area (Å²) in [5, 5.41) is 7.55. The fourth-order valence-electron chi connectivity index (χ4n) is 3.08. The molecule has 5 nitrogen and oxygen atoms in total. The van der Waals surface area contributed by atoms with Crippen LogP contribution in [0.25, 0.3) is 0 Å². The van der Waals surface area contributed by atoms with E-state index in [1.165, 1.54) is 11.3 Å². The van der Waals surface area contributed by atoms with Crippen LogP contribution in [0.4, 0.5) is 0 Å². The lowest BCUT2D eigenvalue weighted by Gasteiger charge is -2.37. The number of methoxy groups -OCH3 is 1. The van der Waals surface area contributed by atoms with E-state index >= 15 is 0 Å². The van der Waals surface area contributed by atoms with Crippen molar-refractivity contribution in [2.45, 2.75) is 40.0 Å². The second-order valence-electron chi connectivity index (χ2n) is 6.99. The Morgan fingerprint density at radius 2 is 2.13 bits per heavy atom. The van der Waals surface area contributed by atoms with Gasteiger partial charge in [0.15, 0.2) is 0 Å². The molecular weight excluding hydrogens is 310 g/mol. The summed E-state index contributed by atoms with van der Waals surface area (Å²) in [7, 11) is 1.73. The van der Waals surface area contributed by atoms with Crippen molar-refractivity contribution < 1.29 is 9.53 Å². The molecule has 2 rings (SSSR count). The highest BCUT2D eigenvalue weighted by molar-refractivity contribution is 7.13. The summed E-state index contributed by atoms with van der Waals surface area (Å²) in [5.74, 6) is 0.556. The number of ether oxygens (including phenoxy) is 1. The van der Waals surface area contributed by atoms with E-state index in [0.29, 0.717) is 19.1 Å². The van der Waals surface area contributed by atoms with E-state index in [9.17, 15) is 4.79 Å².